The third-order valence-corrected chi connectivity index (χ3v) is 2.93. The normalized spacial score (nSPS) is 11.7. The molecule has 100 valence electrons. The minimum absolute atomic E-state index is 0.393. The van der Waals surface area contributed by atoms with Crippen LogP contribution in [0.2, 0.25) is 0 Å². The van der Waals surface area contributed by atoms with Crippen molar-refractivity contribution in [1.82, 2.24) is 0 Å². The third kappa shape index (κ3) is 2.75. The lowest BCUT2D eigenvalue weighted by Crippen LogP contribution is -2.31. The number of nitrogens with zero attached hydrogens (tertiary/aromatic N) is 1. The highest BCUT2D eigenvalue weighted by Crippen LogP contribution is 2.32. The topological polar surface area (TPSA) is 3.88 Å². The van der Waals surface area contributed by atoms with E-state index in [4.69, 9.17) is 0 Å². The van der Waals surface area contributed by atoms with Crippen molar-refractivity contribution in [2.24, 2.45) is 7.05 Å². The van der Waals surface area contributed by atoms with Gasteiger partial charge in [0.05, 0.1) is 5.56 Å². The Morgan fingerprint density at radius 2 is 1.74 bits per heavy atom. The van der Waals surface area contributed by atoms with E-state index < -0.39 is 17.6 Å². The summed E-state index contributed by atoms with van der Waals surface area (Å²) >= 11 is 0. The first-order chi connectivity index (χ1) is 8.79. The van der Waals surface area contributed by atoms with Gasteiger partial charge in [-0.05, 0) is 36.8 Å². The molecule has 0 unspecified atom stereocenters. The Morgan fingerprint density at radius 1 is 1.05 bits per heavy atom. The smallest absolute Gasteiger partial charge is 0.200 e. The molecule has 0 aliphatic rings. The van der Waals surface area contributed by atoms with E-state index in [1.807, 2.05) is 0 Å². The molecule has 5 heteroatoms. The molecule has 19 heavy (non-hydrogen) atoms. The molecule has 0 radical (unpaired) electrons. The first-order valence-corrected chi connectivity index (χ1v) is 5.62. The molecule has 0 amide bonds. The molecular weight excluding hydrogens is 258 g/mol. The zero-order valence-corrected chi connectivity index (χ0v) is 10.4. The molecule has 0 fully saturated rings. The quantitative estimate of drug-likeness (QED) is 0.550. The lowest BCUT2D eigenvalue weighted by molar-refractivity contribution is -0.661. The number of benzene rings is 1. The number of rotatable bonds is 1. The summed E-state index contributed by atoms with van der Waals surface area (Å²) in [6, 6.07) is 6.37. The highest BCUT2D eigenvalue weighted by molar-refractivity contribution is 5.61. The van der Waals surface area contributed by atoms with Gasteiger partial charge < -0.3 is 0 Å². The number of pyridine rings is 1. The van der Waals surface area contributed by atoms with Crippen molar-refractivity contribution in [3.63, 3.8) is 0 Å². The number of hydrogen-bond donors (Lipinski definition) is 0. The molecule has 0 atom stereocenters. The van der Waals surface area contributed by atoms with Crippen molar-refractivity contribution in [2.45, 2.75) is 13.1 Å². The van der Waals surface area contributed by atoms with Crippen LogP contribution in [0.4, 0.5) is 17.6 Å². The van der Waals surface area contributed by atoms with Crippen LogP contribution in [0.25, 0.3) is 11.3 Å². The van der Waals surface area contributed by atoms with Crippen molar-refractivity contribution in [2.75, 3.05) is 0 Å². The largest absolute Gasteiger partial charge is 0.416 e. The summed E-state index contributed by atoms with van der Waals surface area (Å²) in [5, 5.41) is 0. The van der Waals surface area contributed by atoms with Crippen molar-refractivity contribution >= 4 is 0 Å². The maximum Gasteiger partial charge on any atom is 0.416 e. The van der Waals surface area contributed by atoms with Crippen LogP contribution in [-0.4, -0.2) is 0 Å². The standard InChI is InChI=1S/C14H12F4N/c1-9-7-10(14(16,17)18)3-5-12(9)13-6-4-11(15)8-19(13)2/h3-8H,1-2H3/q+1. The lowest BCUT2D eigenvalue weighted by Gasteiger charge is -2.10. The molecule has 0 spiro atoms. The summed E-state index contributed by atoms with van der Waals surface area (Å²) in [7, 11) is 1.65. The van der Waals surface area contributed by atoms with E-state index in [2.05, 4.69) is 0 Å². The van der Waals surface area contributed by atoms with Crippen LogP contribution in [0.15, 0.2) is 36.5 Å². The van der Waals surface area contributed by atoms with Crippen molar-refractivity contribution in [1.29, 1.82) is 0 Å². The predicted octanol–water partition coefficient (Wildman–Crippen LogP) is 3.64. The van der Waals surface area contributed by atoms with E-state index in [1.165, 1.54) is 18.3 Å². The molecule has 0 saturated heterocycles. The third-order valence-electron chi connectivity index (χ3n) is 2.93. The molecule has 2 rings (SSSR count). The van der Waals surface area contributed by atoms with Gasteiger partial charge in [-0.2, -0.15) is 17.7 Å². The van der Waals surface area contributed by atoms with Gasteiger partial charge in [0.2, 0.25) is 11.9 Å². The Kier molecular flexibility index (Phi) is 3.30. The van der Waals surface area contributed by atoms with E-state index in [-0.39, 0.29) is 0 Å². The summed E-state index contributed by atoms with van der Waals surface area (Å²) in [5.74, 6) is -0.393. The van der Waals surface area contributed by atoms with Crippen molar-refractivity contribution in [3.8, 4) is 11.3 Å². The Balaban J connectivity index is 2.52. The first-order valence-electron chi connectivity index (χ1n) is 5.62. The Bertz CT molecular complexity index is 617. The molecule has 0 saturated carbocycles. The molecule has 2 aromatic rings. The van der Waals surface area contributed by atoms with Gasteiger partial charge in [0.1, 0.15) is 7.05 Å². The summed E-state index contributed by atoms with van der Waals surface area (Å²) in [6.45, 7) is 1.61. The van der Waals surface area contributed by atoms with Gasteiger partial charge in [0.15, 0.2) is 5.82 Å². The van der Waals surface area contributed by atoms with Crippen LogP contribution in [0.5, 0.6) is 0 Å². The van der Waals surface area contributed by atoms with Gasteiger partial charge in [-0.15, -0.1) is 0 Å². The number of aryl methyl sites for hydroxylation is 2. The van der Waals surface area contributed by atoms with Crippen LogP contribution in [0.1, 0.15) is 11.1 Å². The number of halogens is 4. The van der Waals surface area contributed by atoms with Gasteiger partial charge in [-0.1, -0.05) is 0 Å². The number of aromatic nitrogens is 1. The molecule has 0 aliphatic heterocycles. The molecule has 1 aromatic carbocycles. The van der Waals surface area contributed by atoms with E-state index in [1.54, 1.807) is 24.6 Å². The second-order valence-corrected chi connectivity index (χ2v) is 4.37. The van der Waals surface area contributed by atoms with Gasteiger partial charge in [-0.25, -0.2) is 4.39 Å². The highest BCUT2D eigenvalue weighted by Gasteiger charge is 2.31. The zero-order chi connectivity index (χ0) is 14.2. The average molecular weight is 270 g/mol. The van der Waals surface area contributed by atoms with E-state index >= 15 is 0 Å². The van der Waals surface area contributed by atoms with Crippen LogP contribution in [0.3, 0.4) is 0 Å². The molecule has 0 bridgehead atoms. The fraction of sp³-hybridized carbons (Fsp3) is 0.214. The van der Waals surface area contributed by atoms with Crippen LogP contribution < -0.4 is 4.57 Å². The van der Waals surface area contributed by atoms with Crippen LogP contribution in [-0.2, 0) is 13.2 Å². The van der Waals surface area contributed by atoms with Gasteiger partial charge in [-0.3, -0.25) is 0 Å². The molecule has 1 aromatic heterocycles. The maximum absolute atomic E-state index is 13.0. The first kappa shape index (κ1) is 13.5. The summed E-state index contributed by atoms with van der Waals surface area (Å²) in [6.07, 6.45) is -3.07. The summed E-state index contributed by atoms with van der Waals surface area (Å²) in [4.78, 5) is 0. The fourth-order valence-electron chi connectivity index (χ4n) is 1.98. The van der Waals surface area contributed by atoms with E-state index in [0.29, 0.717) is 16.8 Å². The average Bonchev–Trinajstić information content (AvgIpc) is 2.28. The molecule has 1 nitrogen and oxygen atoms in total. The van der Waals surface area contributed by atoms with E-state index in [9.17, 15) is 17.6 Å². The monoisotopic (exact) mass is 270 g/mol. The zero-order valence-electron chi connectivity index (χ0n) is 10.4. The highest BCUT2D eigenvalue weighted by atomic mass is 19.4. The molecule has 0 N–H and O–H groups in total. The number of hydrogen-bond acceptors (Lipinski definition) is 0. The summed E-state index contributed by atoms with van der Waals surface area (Å²) in [5.41, 5.74) is 1.12. The molecular formula is C14H12F4N+. The minimum Gasteiger partial charge on any atom is -0.200 e. The number of alkyl halides is 3. The minimum atomic E-state index is -4.35. The molecule has 1 heterocycles. The van der Waals surface area contributed by atoms with Gasteiger partial charge >= 0.3 is 6.18 Å². The van der Waals surface area contributed by atoms with Gasteiger partial charge in [0, 0.05) is 11.6 Å². The lowest BCUT2D eigenvalue weighted by atomic mass is 10.0. The van der Waals surface area contributed by atoms with Crippen LogP contribution in [0, 0.1) is 12.7 Å². The van der Waals surface area contributed by atoms with Crippen LogP contribution >= 0.6 is 0 Å². The second kappa shape index (κ2) is 4.64. The second-order valence-electron chi connectivity index (χ2n) is 4.37. The Hall–Kier alpha value is -1.91. The van der Waals surface area contributed by atoms with Crippen molar-refractivity contribution in [3.05, 3.63) is 53.5 Å². The van der Waals surface area contributed by atoms with E-state index in [0.717, 1.165) is 12.1 Å². The SMILES string of the molecule is Cc1cc(C(F)(F)F)ccc1-c1ccc(F)c[n+]1C. The van der Waals surface area contributed by atoms with Gasteiger partial charge in [0.25, 0.3) is 0 Å². The fourth-order valence-corrected chi connectivity index (χ4v) is 1.98. The van der Waals surface area contributed by atoms with Crippen molar-refractivity contribution < 1.29 is 22.1 Å². The Morgan fingerprint density at radius 3 is 2.26 bits per heavy atom. The summed E-state index contributed by atoms with van der Waals surface area (Å²) < 4.78 is 52.3. The maximum atomic E-state index is 13.0. The molecule has 0 aliphatic carbocycles. The predicted molar refractivity (Wildman–Crippen MR) is 62.8 cm³/mol. The Labute approximate surface area is 108 Å².